The van der Waals surface area contributed by atoms with Crippen molar-refractivity contribution in [1.82, 2.24) is 4.90 Å². The second-order valence-corrected chi connectivity index (χ2v) is 2.92. The molecule has 3 heteroatoms. The lowest BCUT2D eigenvalue weighted by atomic mass is 10.2. The maximum absolute atomic E-state index is 11.2. The fourth-order valence-corrected chi connectivity index (χ4v) is 1.56. The zero-order valence-corrected chi connectivity index (χ0v) is 6.92. The Morgan fingerprint density at radius 2 is 2.45 bits per heavy atom. The van der Waals surface area contributed by atoms with Crippen molar-refractivity contribution in [2.45, 2.75) is 32.2 Å². The molecule has 0 aromatic rings. The van der Waals surface area contributed by atoms with E-state index in [0.29, 0.717) is 6.42 Å². The molecular weight excluding hydrogens is 142 g/mol. The predicted octanol–water partition coefficient (Wildman–Crippen LogP) is 0.380. The number of likely N-dealkylation sites (tertiary alicyclic amines) is 1. The number of aliphatic hydroxyl groups excluding tert-OH is 1. The number of hydrogen-bond donors (Lipinski definition) is 1. The maximum Gasteiger partial charge on any atom is 0.222 e. The highest BCUT2D eigenvalue weighted by Gasteiger charge is 2.26. The minimum Gasteiger partial charge on any atom is -0.394 e. The van der Waals surface area contributed by atoms with Gasteiger partial charge in [0.15, 0.2) is 0 Å². The number of rotatable bonds is 2. The summed E-state index contributed by atoms with van der Waals surface area (Å²) in [5, 5.41) is 8.89. The van der Waals surface area contributed by atoms with Crippen molar-refractivity contribution in [1.29, 1.82) is 0 Å². The Kier molecular flexibility index (Phi) is 2.88. The van der Waals surface area contributed by atoms with Crippen LogP contribution in [0, 0.1) is 0 Å². The first-order valence-corrected chi connectivity index (χ1v) is 4.20. The van der Waals surface area contributed by atoms with E-state index in [1.165, 1.54) is 0 Å². The van der Waals surface area contributed by atoms with Crippen LogP contribution < -0.4 is 0 Å². The van der Waals surface area contributed by atoms with Crippen LogP contribution in [0.4, 0.5) is 0 Å². The molecule has 0 spiro atoms. The van der Waals surface area contributed by atoms with E-state index >= 15 is 0 Å². The fourth-order valence-electron chi connectivity index (χ4n) is 1.56. The van der Waals surface area contributed by atoms with Crippen molar-refractivity contribution in [3.05, 3.63) is 0 Å². The Hall–Kier alpha value is -0.570. The van der Waals surface area contributed by atoms with E-state index in [9.17, 15) is 4.79 Å². The molecule has 1 saturated heterocycles. The van der Waals surface area contributed by atoms with E-state index in [2.05, 4.69) is 0 Å². The zero-order valence-electron chi connectivity index (χ0n) is 6.92. The Balaban J connectivity index is 2.49. The summed E-state index contributed by atoms with van der Waals surface area (Å²) in [5.74, 6) is 0.168. The molecule has 1 N–H and O–H groups in total. The van der Waals surface area contributed by atoms with Crippen molar-refractivity contribution in [3.63, 3.8) is 0 Å². The van der Waals surface area contributed by atoms with Crippen LogP contribution in [0.25, 0.3) is 0 Å². The first-order chi connectivity index (χ1) is 5.29. The van der Waals surface area contributed by atoms with Gasteiger partial charge < -0.3 is 10.0 Å². The molecule has 0 aliphatic carbocycles. The molecule has 1 heterocycles. The van der Waals surface area contributed by atoms with Gasteiger partial charge in [0.2, 0.25) is 5.91 Å². The van der Waals surface area contributed by atoms with Crippen LogP contribution in [0.3, 0.4) is 0 Å². The van der Waals surface area contributed by atoms with Gasteiger partial charge in [-0.1, -0.05) is 6.92 Å². The average molecular weight is 157 g/mol. The van der Waals surface area contributed by atoms with Gasteiger partial charge in [-0.3, -0.25) is 4.79 Å². The summed E-state index contributed by atoms with van der Waals surface area (Å²) in [6, 6.07) is 0.0995. The standard InChI is InChI=1S/C8H15NO2/c1-2-8(11)9-5-3-4-7(9)6-10/h7,10H,2-6H2,1H3/t7-/m0/s1. The second-order valence-electron chi connectivity index (χ2n) is 2.92. The molecule has 0 unspecified atom stereocenters. The number of hydrogen-bond acceptors (Lipinski definition) is 2. The van der Waals surface area contributed by atoms with Gasteiger partial charge >= 0.3 is 0 Å². The van der Waals surface area contributed by atoms with E-state index in [1.54, 1.807) is 4.90 Å². The quantitative estimate of drug-likeness (QED) is 0.629. The highest BCUT2D eigenvalue weighted by molar-refractivity contribution is 5.76. The van der Waals surface area contributed by atoms with Crippen molar-refractivity contribution < 1.29 is 9.90 Å². The Morgan fingerprint density at radius 3 is 3.00 bits per heavy atom. The van der Waals surface area contributed by atoms with Gasteiger partial charge in [0.1, 0.15) is 0 Å². The monoisotopic (exact) mass is 157 g/mol. The second kappa shape index (κ2) is 3.72. The summed E-state index contributed by atoms with van der Waals surface area (Å²) in [4.78, 5) is 13.0. The topological polar surface area (TPSA) is 40.5 Å². The van der Waals surface area contributed by atoms with Gasteiger partial charge in [0.25, 0.3) is 0 Å². The molecule has 1 aliphatic heterocycles. The van der Waals surface area contributed by atoms with Gasteiger partial charge in [-0.15, -0.1) is 0 Å². The molecule has 1 aliphatic rings. The first kappa shape index (κ1) is 8.53. The molecule has 1 rings (SSSR count). The molecule has 0 radical (unpaired) electrons. The van der Waals surface area contributed by atoms with Crippen molar-refractivity contribution >= 4 is 5.91 Å². The van der Waals surface area contributed by atoms with Gasteiger partial charge in [-0.2, -0.15) is 0 Å². The number of amides is 1. The highest BCUT2D eigenvalue weighted by Crippen LogP contribution is 2.17. The molecule has 64 valence electrons. The normalized spacial score (nSPS) is 24.2. The van der Waals surface area contributed by atoms with Crippen molar-refractivity contribution in [2.75, 3.05) is 13.2 Å². The lowest BCUT2D eigenvalue weighted by molar-refractivity contribution is -0.132. The molecular formula is C8H15NO2. The number of nitrogens with zero attached hydrogens (tertiary/aromatic N) is 1. The Bertz CT molecular complexity index is 147. The summed E-state index contributed by atoms with van der Waals surface area (Å²) in [7, 11) is 0. The highest BCUT2D eigenvalue weighted by atomic mass is 16.3. The number of carbonyl (C=O) groups excluding carboxylic acids is 1. The van der Waals surface area contributed by atoms with E-state index in [1.807, 2.05) is 6.92 Å². The Morgan fingerprint density at radius 1 is 1.73 bits per heavy atom. The van der Waals surface area contributed by atoms with E-state index in [4.69, 9.17) is 5.11 Å². The summed E-state index contributed by atoms with van der Waals surface area (Å²) in [6.07, 6.45) is 2.55. The Labute approximate surface area is 67.0 Å². The van der Waals surface area contributed by atoms with Crippen LogP contribution in [0.15, 0.2) is 0 Å². The van der Waals surface area contributed by atoms with Crippen LogP contribution in [-0.4, -0.2) is 35.1 Å². The van der Waals surface area contributed by atoms with Crippen LogP contribution in [0.1, 0.15) is 26.2 Å². The molecule has 0 bridgehead atoms. The smallest absolute Gasteiger partial charge is 0.222 e. The van der Waals surface area contributed by atoms with Gasteiger partial charge in [-0.25, -0.2) is 0 Å². The third-order valence-corrected chi connectivity index (χ3v) is 2.21. The van der Waals surface area contributed by atoms with Gasteiger partial charge in [0, 0.05) is 13.0 Å². The van der Waals surface area contributed by atoms with Crippen molar-refractivity contribution in [2.24, 2.45) is 0 Å². The third kappa shape index (κ3) is 1.71. The van der Waals surface area contributed by atoms with E-state index < -0.39 is 0 Å². The van der Waals surface area contributed by atoms with E-state index in [0.717, 1.165) is 19.4 Å². The van der Waals surface area contributed by atoms with Gasteiger partial charge in [0.05, 0.1) is 12.6 Å². The summed E-state index contributed by atoms with van der Waals surface area (Å²) >= 11 is 0. The minimum absolute atomic E-state index is 0.0995. The molecule has 3 nitrogen and oxygen atoms in total. The maximum atomic E-state index is 11.2. The largest absolute Gasteiger partial charge is 0.394 e. The third-order valence-electron chi connectivity index (χ3n) is 2.21. The molecule has 0 aromatic carbocycles. The zero-order chi connectivity index (χ0) is 8.27. The van der Waals surface area contributed by atoms with Crippen LogP contribution in [0.5, 0.6) is 0 Å². The lowest BCUT2D eigenvalue weighted by Gasteiger charge is -2.22. The fraction of sp³-hybridized carbons (Fsp3) is 0.875. The minimum atomic E-state index is 0.0995. The summed E-state index contributed by atoms with van der Waals surface area (Å²) in [6.45, 7) is 2.80. The SMILES string of the molecule is CCC(=O)N1CCC[C@H]1CO. The van der Waals surface area contributed by atoms with E-state index in [-0.39, 0.29) is 18.6 Å². The first-order valence-electron chi connectivity index (χ1n) is 4.20. The molecule has 0 aromatic heterocycles. The van der Waals surface area contributed by atoms with Crippen LogP contribution in [-0.2, 0) is 4.79 Å². The van der Waals surface area contributed by atoms with Crippen LogP contribution in [0.2, 0.25) is 0 Å². The molecule has 1 fully saturated rings. The number of carbonyl (C=O) groups is 1. The van der Waals surface area contributed by atoms with Crippen molar-refractivity contribution in [3.8, 4) is 0 Å². The molecule has 0 saturated carbocycles. The average Bonchev–Trinajstić information content (AvgIpc) is 2.50. The molecule has 1 atom stereocenters. The predicted molar refractivity (Wildman–Crippen MR) is 42.1 cm³/mol. The van der Waals surface area contributed by atoms with Gasteiger partial charge in [-0.05, 0) is 12.8 Å². The molecule has 1 amide bonds. The summed E-state index contributed by atoms with van der Waals surface area (Å²) in [5.41, 5.74) is 0. The lowest BCUT2D eigenvalue weighted by Crippen LogP contribution is -2.37. The summed E-state index contributed by atoms with van der Waals surface area (Å²) < 4.78 is 0. The molecule has 11 heavy (non-hydrogen) atoms. The number of aliphatic hydroxyl groups is 1. The van der Waals surface area contributed by atoms with Crippen LogP contribution >= 0.6 is 0 Å².